The van der Waals surface area contributed by atoms with Crippen LogP contribution >= 0.6 is 0 Å². The van der Waals surface area contributed by atoms with E-state index in [1.807, 2.05) is 29.2 Å². The monoisotopic (exact) mass is 303 g/mol. The smallest absolute Gasteiger partial charge is 0.254 e. The molecule has 0 spiro atoms. The van der Waals surface area contributed by atoms with Crippen LogP contribution in [0.5, 0.6) is 5.75 Å². The van der Waals surface area contributed by atoms with Crippen LogP contribution in [0.25, 0.3) is 0 Å². The van der Waals surface area contributed by atoms with Gasteiger partial charge in [-0.3, -0.25) is 9.69 Å². The summed E-state index contributed by atoms with van der Waals surface area (Å²) in [6, 6.07) is 7.42. The fourth-order valence-electron chi connectivity index (χ4n) is 3.31. The van der Waals surface area contributed by atoms with Gasteiger partial charge in [0.25, 0.3) is 5.91 Å². The van der Waals surface area contributed by atoms with Gasteiger partial charge >= 0.3 is 0 Å². The molecule has 3 rings (SSSR count). The maximum absolute atomic E-state index is 12.6. The Balaban J connectivity index is 1.52. The maximum Gasteiger partial charge on any atom is 0.254 e. The van der Waals surface area contributed by atoms with Gasteiger partial charge < -0.3 is 15.0 Å². The Hall–Kier alpha value is -1.59. The molecule has 2 heterocycles. The Labute approximate surface area is 132 Å². The molecule has 1 N–H and O–H groups in total. The highest BCUT2D eigenvalue weighted by atomic mass is 16.5. The van der Waals surface area contributed by atoms with Gasteiger partial charge in [0.1, 0.15) is 5.75 Å². The van der Waals surface area contributed by atoms with Gasteiger partial charge in [0, 0.05) is 38.3 Å². The third kappa shape index (κ3) is 3.59. The SMILES string of the molecule is COc1cccc(C(=O)N2CCN(CC3CCNC3)CC2)c1. The van der Waals surface area contributed by atoms with Gasteiger partial charge in [-0.25, -0.2) is 0 Å². The Kier molecular flexibility index (Phi) is 4.95. The fraction of sp³-hybridized carbons (Fsp3) is 0.588. The van der Waals surface area contributed by atoms with Crippen molar-refractivity contribution in [3.05, 3.63) is 29.8 Å². The number of hydrogen-bond acceptors (Lipinski definition) is 4. The lowest BCUT2D eigenvalue weighted by molar-refractivity contribution is 0.0620. The number of piperazine rings is 1. The topological polar surface area (TPSA) is 44.8 Å². The van der Waals surface area contributed by atoms with Crippen LogP contribution in [0.1, 0.15) is 16.8 Å². The van der Waals surface area contributed by atoms with Crippen molar-refractivity contribution in [1.29, 1.82) is 0 Å². The molecule has 2 aliphatic rings. The van der Waals surface area contributed by atoms with Gasteiger partial charge in [-0.05, 0) is 43.6 Å². The van der Waals surface area contributed by atoms with E-state index in [-0.39, 0.29) is 5.91 Å². The number of rotatable bonds is 4. The molecule has 1 amide bonds. The number of methoxy groups -OCH3 is 1. The molecule has 2 fully saturated rings. The van der Waals surface area contributed by atoms with Crippen LogP contribution in [0.4, 0.5) is 0 Å². The van der Waals surface area contributed by atoms with Crippen LogP contribution in [0.3, 0.4) is 0 Å². The third-order valence-corrected chi connectivity index (χ3v) is 4.65. The van der Waals surface area contributed by atoms with Crippen LogP contribution in [0, 0.1) is 5.92 Å². The largest absolute Gasteiger partial charge is 0.497 e. The highest BCUT2D eigenvalue weighted by molar-refractivity contribution is 5.94. The molecule has 0 aromatic heterocycles. The number of amides is 1. The van der Waals surface area contributed by atoms with Crippen molar-refractivity contribution in [2.75, 3.05) is 52.9 Å². The number of hydrogen-bond donors (Lipinski definition) is 1. The second-order valence-corrected chi connectivity index (χ2v) is 6.18. The van der Waals surface area contributed by atoms with E-state index in [0.29, 0.717) is 5.56 Å². The van der Waals surface area contributed by atoms with E-state index >= 15 is 0 Å². The number of benzene rings is 1. The molecular weight excluding hydrogens is 278 g/mol. The molecule has 0 saturated carbocycles. The molecule has 0 bridgehead atoms. The summed E-state index contributed by atoms with van der Waals surface area (Å²) in [5, 5.41) is 3.42. The minimum Gasteiger partial charge on any atom is -0.497 e. The van der Waals surface area contributed by atoms with Crippen molar-refractivity contribution >= 4 is 5.91 Å². The van der Waals surface area contributed by atoms with Crippen molar-refractivity contribution in [2.45, 2.75) is 6.42 Å². The van der Waals surface area contributed by atoms with Gasteiger partial charge in [-0.1, -0.05) is 6.07 Å². The van der Waals surface area contributed by atoms with Gasteiger partial charge in [-0.15, -0.1) is 0 Å². The van der Waals surface area contributed by atoms with Crippen LogP contribution in [-0.2, 0) is 0 Å². The molecule has 2 saturated heterocycles. The lowest BCUT2D eigenvalue weighted by Gasteiger charge is -2.36. The normalized spacial score (nSPS) is 22.8. The Morgan fingerprint density at radius 3 is 2.82 bits per heavy atom. The van der Waals surface area contributed by atoms with Crippen LogP contribution < -0.4 is 10.1 Å². The third-order valence-electron chi connectivity index (χ3n) is 4.65. The minimum absolute atomic E-state index is 0.112. The van der Waals surface area contributed by atoms with Crippen molar-refractivity contribution in [3.8, 4) is 5.75 Å². The maximum atomic E-state index is 12.6. The zero-order valence-electron chi connectivity index (χ0n) is 13.3. The zero-order valence-corrected chi connectivity index (χ0v) is 13.3. The van der Waals surface area contributed by atoms with Crippen molar-refractivity contribution in [1.82, 2.24) is 15.1 Å². The van der Waals surface area contributed by atoms with Crippen molar-refractivity contribution < 1.29 is 9.53 Å². The number of carbonyl (C=O) groups is 1. The average molecular weight is 303 g/mol. The summed E-state index contributed by atoms with van der Waals surface area (Å²) in [5.41, 5.74) is 0.716. The molecule has 5 nitrogen and oxygen atoms in total. The molecule has 1 aromatic carbocycles. The molecule has 1 atom stereocenters. The summed E-state index contributed by atoms with van der Waals surface area (Å²) in [6.45, 7) is 7.04. The summed E-state index contributed by atoms with van der Waals surface area (Å²) in [7, 11) is 1.63. The number of carbonyl (C=O) groups excluding carboxylic acids is 1. The van der Waals surface area contributed by atoms with E-state index in [2.05, 4.69) is 10.2 Å². The highest BCUT2D eigenvalue weighted by Gasteiger charge is 2.25. The minimum atomic E-state index is 0.112. The van der Waals surface area contributed by atoms with Gasteiger partial charge in [0.2, 0.25) is 0 Å². The van der Waals surface area contributed by atoms with Gasteiger partial charge in [0.05, 0.1) is 7.11 Å². The van der Waals surface area contributed by atoms with Crippen LogP contribution in [-0.4, -0.2) is 68.6 Å². The van der Waals surface area contributed by atoms with E-state index in [0.717, 1.165) is 57.5 Å². The molecule has 5 heteroatoms. The molecule has 0 aliphatic carbocycles. The average Bonchev–Trinajstić information content (AvgIpc) is 3.08. The quantitative estimate of drug-likeness (QED) is 0.903. The summed E-state index contributed by atoms with van der Waals surface area (Å²) in [4.78, 5) is 17.0. The highest BCUT2D eigenvalue weighted by Crippen LogP contribution is 2.16. The predicted molar refractivity (Wildman–Crippen MR) is 86.3 cm³/mol. The molecule has 1 aromatic rings. The lowest BCUT2D eigenvalue weighted by atomic mass is 10.1. The lowest BCUT2D eigenvalue weighted by Crippen LogP contribution is -2.49. The van der Waals surface area contributed by atoms with Crippen molar-refractivity contribution in [2.24, 2.45) is 5.92 Å². The van der Waals surface area contributed by atoms with E-state index in [4.69, 9.17) is 4.74 Å². The Morgan fingerprint density at radius 1 is 1.32 bits per heavy atom. The molecular formula is C17H25N3O2. The van der Waals surface area contributed by atoms with E-state index < -0.39 is 0 Å². The first-order valence-corrected chi connectivity index (χ1v) is 8.12. The van der Waals surface area contributed by atoms with Crippen molar-refractivity contribution in [3.63, 3.8) is 0 Å². The summed E-state index contributed by atoms with van der Waals surface area (Å²) in [5.74, 6) is 1.62. The second-order valence-electron chi connectivity index (χ2n) is 6.18. The van der Waals surface area contributed by atoms with Gasteiger partial charge in [0.15, 0.2) is 0 Å². The summed E-state index contributed by atoms with van der Waals surface area (Å²) < 4.78 is 5.20. The molecule has 120 valence electrons. The fourth-order valence-corrected chi connectivity index (χ4v) is 3.31. The van der Waals surface area contributed by atoms with Crippen LogP contribution in [0.2, 0.25) is 0 Å². The molecule has 1 unspecified atom stereocenters. The molecule has 2 aliphatic heterocycles. The zero-order chi connectivity index (χ0) is 15.4. The first-order valence-electron chi connectivity index (χ1n) is 8.12. The van der Waals surface area contributed by atoms with E-state index in [1.54, 1.807) is 7.11 Å². The summed E-state index contributed by atoms with van der Waals surface area (Å²) in [6.07, 6.45) is 1.28. The molecule has 0 radical (unpaired) electrons. The Bertz CT molecular complexity index is 506. The first kappa shape index (κ1) is 15.3. The van der Waals surface area contributed by atoms with Gasteiger partial charge in [-0.2, -0.15) is 0 Å². The van der Waals surface area contributed by atoms with E-state index in [9.17, 15) is 4.79 Å². The standard InChI is InChI=1S/C17H25N3O2/c1-22-16-4-2-3-15(11-16)17(21)20-9-7-19(8-10-20)13-14-5-6-18-12-14/h2-4,11,14,18H,5-10,12-13H2,1H3. The second kappa shape index (κ2) is 7.11. The van der Waals surface area contributed by atoms with E-state index in [1.165, 1.54) is 6.42 Å². The molecule has 22 heavy (non-hydrogen) atoms. The predicted octanol–water partition coefficient (Wildman–Crippen LogP) is 1.06. The Morgan fingerprint density at radius 2 is 2.14 bits per heavy atom. The summed E-state index contributed by atoms with van der Waals surface area (Å²) >= 11 is 0. The first-order chi connectivity index (χ1) is 10.8. The number of nitrogens with one attached hydrogen (secondary N) is 1. The number of ether oxygens (including phenoxy) is 1. The van der Waals surface area contributed by atoms with Crippen LogP contribution in [0.15, 0.2) is 24.3 Å². The number of nitrogens with zero attached hydrogens (tertiary/aromatic N) is 2.